The summed E-state index contributed by atoms with van der Waals surface area (Å²) in [5.41, 5.74) is 6.80. The van der Waals surface area contributed by atoms with E-state index in [4.69, 9.17) is 10.5 Å². The van der Waals surface area contributed by atoms with Crippen molar-refractivity contribution < 1.29 is 19.4 Å². The molecule has 0 spiro atoms. The number of rotatable bonds is 6. The van der Waals surface area contributed by atoms with Crippen LogP contribution in [0, 0.1) is 19.3 Å². The van der Waals surface area contributed by atoms with E-state index in [1.54, 1.807) is 25.9 Å². The van der Waals surface area contributed by atoms with Crippen LogP contribution in [0.25, 0.3) is 0 Å². The summed E-state index contributed by atoms with van der Waals surface area (Å²) >= 11 is 0. The van der Waals surface area contributed by atoms with Crippen molar-refractivity contribution in [2.75, 3.05) is 32.5 Å². The van der Waals surface area contributed by atoms with E-state index >= 15 is 0 Å². The van der Waals surface area contributed by atoms with Crippen LogP contribution in [0.4, 0.5) is 5.95 Å². The molecule has 8 nitrogen and oxygen atoms in total. The van der Waals surface area contributed by atoms with Crippen molar-refractivity contribution in [1.29, 1.82) is 0 Å². The minimum atomic E-state index is -0.939. The van der Waals surface area contributed by atoms with Gasteiger partial charge >= 0.3 is 5.97 Å². The fourth-order valence-corrected chi connectivity index (χ4v) is 3.41. The summed E-state index contributed by atoms with van der Waals surface area (Å²) in [6, 6.07) is 0. The predicted octanol–water partition coefficient (Wildman–Crippen LogP) is 0.948. The molecule has 0 aromatic carbocycles. The Kier molecular flexibility index (Phi) is 5.94. The van der Waals surface area contributed by atoms with Gasteiger partial charge in [-0.15, -0.1) is 0 Å². The number of carbonyl (C=O) groups excluding carboxylic acids is 1. The normalized spacial score (nSPS) is 20.5. The summed E-state index contributed by atoms with van der Waals surface area (Å²) in [6.45, 7) is 4.72. The second kappa shape index (κ2) is 7.77. The molecule has 2 heterocycles. The number of likely N-dealkylation sites (tertiary alicyclic amines) is 1. The van der Waals surface area contributed by atoms with Crippen LogP contribution in [-0.4, -0.2) is 58.7 Å². The molecule has 1 aromatic heterocycles. The third-order valence-electron chi connectivity index (χ3n) is 4.93. The van der Waals surface area contributed by atoms with Crippen molar-refractivity contribution in [3.8, 4) is 0 Å². The maximum absolute atomic E-state index is 12.8. The van der Waals surface area contributed by atoms with Crippen LogP contribution < -0.4 is 5.73 Å². The number of hydrogen-bond donors (Lipinski definition) is 2. The third kappa shape index (κ3) is 4.25. The Labute approximate surface area is 147 Å². The number of nitrogen functional groups attached to an aromatic ring is 1. The summed E-state index contributed by atoms with van der Waals surface area (Å²) in [6.07, 6.45) is 1.76. The Hall–Kier alpha value is -2.22. The van der Waals surface area contributed by atoms with Crippen LogP contribution in [0.15, 0.2) is 0 Å². The zero-order valence-corrected chi connectivity index (χ0v) is 15.0. The van der Waals surface area contributed by atoms with Gasteiger partial charge in [0.15, 0.2) is 0 Å². The number of piperidine rings is 1. The molecule has 1 unspecified atom stereocenters. The van der Waals surface area contributed by atoms with Crippen molar-refractivity contribution in [2.24, 2.45) is 5.41 Å². The molecule has 0 bridgehead atoms. The van der Waals surface area contributed by atoms with Crippen molar-refractivity contribution >= 4 is 17.8 Å². The Balaban J connectivity index is 2.15. The molecule has 0 aliphatic carbocycles. The number of ether oxygens (including phenoxy) is 1. The molecular weight excluding hydrogens is 324 g/mol. The smallest absolute Gasteiger partial charge is 0.311 e. The van der Waals surface area contributed by atoms with E-state index in [-0.39, 0.29) is 24.8 Å². The highest BCUT2D eigenvalue weighted by Crippen LogP contribution is 2.34. The first-order valence-corrected chi connectivity index (χ1v) is 8.39. The number of aryl methyl sites for hydroxylation is 2. The van der Waals surface area contributed by atoms with Gasteiger partial charge in [0.05, 0.1) is 11.8 Å². The van der Waals surface area contributed by atoms with Crippen LogP contribution in [0.1, 0.15) is 36.2 Å². The Bertz CT molecular complexity index is 641. The number of amides is 1. The topological polar surface area (TPSA) is 119 Å². The lowest BCUT2D eigenvalue weighted by Gasteiger charge is -2.40. The number of aliphatic carboxylic acids is 1. The Morgan fingerprint density at radius 3 is 2.52 bits per heavy atom. The van der Waals surface area contributed by atoms with Gasteiger partial charge in [-0.2, -0.15) is 0 Å². The highest BCUT2D eigenvalue weighted by atomic mass is 16.5. The van der Waals surface area contributed by atoms with Gasteiger partial charge in [0.1, 0.15) is 0 Å². The zero-order chi connectivity index (χ0) is 18.6. The van der Waals surface area contributed by atoms with Crippen LogP contribution in [0.2, 0.25) is 0 Å². The molecule has 1 amide bonds. The lowest BCUT2D eigenvalue weighted by molar-refractivity contribution is -0.156. The minimum Gasteiger partial charge on any atom is -0.481 e. The van der Waals surface area contributed by atoms with Gasteiger partial charge in [-0.3, -0.25) is 9.59 Å². The standard InChI is InChI=1S/C17H26N4O4/c1-11-13(12(2)20-16(18)19-11)9-14(22)21-7-4-5-17(10-21,15(23)24)6-8-25-3/h4-10H2,1-3H3,(H,23,24)(H2,18,19,20). The van der Waals surface area contributed by atoms with Gasteiger partial charge < -0.3 is 20.5 Å². The lowest BCUT2D eigenvalue weighted by Crippen LogP contribution is -2.50. The second-order valence-electron chi connectivity index (χ2n) is 6.66. The maximum Gasteiger partial charge on any atom is 0.311 e. The molecule has 0 radical (unpaired) electrons. The first-order valence-electron chi connectivity index (χ1n) is 8.39. The van der Waals surface area contributed by atoms with Gasteiger partial charge in [-0.1, -0.05) is 0 Å². The number of hydrogen-bond acceptors (Lipinski definition) is 6. The molecule has 0 saturated carbocycles. The van der Waals surface area contributed by atoms with Crippen molar-refractivity contribution in [1.82, 2.24) is 14.9 Å². The summed E-state index contributed by atoms with van der Waals surface area (Å²) in [4.78, 5) is 34.5. The Morgan fingerprint density at radius 2 is 1.96 bits per heavy atom. The molecule has 1 fully saturated rings. The average molecular weight is 350 g/mol. The lowest BCUT2D eigenvalue weighted by atomic mass is 9.77. The van der Waals surface area contributed by atoms with Gasteiger partial charge in [-0.05, 0) is 33.1 Å². The SMILES string of the molecule is COCCC1(C(=O)O)CCCN(C(=O)Cc2c(C)nc(N)nc2C)C1. The van der Waals surface area contributed by atoms with E-state index in [1.165, 1.54) is 0 Å². The molecule has 1 atom stereocenters. The fraction of sp³-hybridized carbons (Fsp3) is 0.647. The van der Waals surface area contributed by atoms with Crippen LogP contribution in [0.3, 0.4) is 0 Å². The molecule has 1 aromatic rings. The molecule has 1 aliphatic rings. The number of anilines is 1. The van der Waals surface area contributed by atoms with Crippen molar-refractivity contribution in [3.05, 3.63) is 17.0 Å². The van der Waals surface area contributed by atoms with Crippen LogP contribution in [0.5, 0.6) is 0 Å². The van der Waals surface area contributed by atoms with Crippen molar-refractivity contribution in [2.45, 2.75) is 39.5 Å². The van der Waals surface area contributed by atoms with Crippen LogP contribution in [-0.2, 0) is 20.7 Å². The molecule has 1 saturated heterocycles. The molecule has 138 valence electrons. The van der Waals surface area contributed by atoms with E-state index in [9.17, 15) is 14.7 Å². The maximum atomic E-state index is 12.8. The van der Waals surface area contributed by atoms with Gasteiger partial charge in [0, 0.05) is 43.8 Å². The monoisotopic (exact) mass is 350 g/mol. The molecular formula is C17H26N4O4. The van der Waals surface area contributed by atoms with E-state index in [2.05, 4.69) is 9.97 Å². The molecule has 8 heteroatoms. The molecule has 2 rings (SSSR count). The number of carboxylic acid groups (broad SMARTS) is 1. The van der Waals surface area contributed by atoms with Gasteiger partial charge in [0.2, 0.25) is 11.9 Å². The largest absolute Gasteiger partial charge is 0.481 e. The first kappa shape index (κ1) is 19.1. The van der Waals surface area contributed by atoms with Crippen molar-refractivity contribution in [3.63, 3.8) is 0 Å². The first-order chi connectivity index (χ1) is 11.8. The number of nitrogens with zero attached hydrogens (tertiary/aromatic N) is 3. The number of carbonyl (C=O) groups is 2. The highest BCUT2D eigenvalue weighted by Gasteiger charge is 2.43. The molecule has 25 heavy (non-hydrogen) atoms. The quantitative estimate of drug-likeness (QED) is 0.784. The number of carboxylic acids is 1. The third-order valence-corrected chi connectivity index (χ3v) is 4.93. The van der Waals surface area contributed by atoms with E-state index in [1.807, 2.05) is 0 Å². The zero-order valence-electron chi connectivity index (χ0n) is 15.0. The summed E-state index contributed by atoms with van der Waals surface area (Å²) in [7, 11) is 1.55. The highest BCUT2D eigenvalue weighted by molar-refractivity contribution is 5.81. The number of nitrogens with two attached hydrogens (primary N) is 1. The summed E-state index contributed by atoms with van der Waals surface area (Å²) in [5.74, 6) is -0.791. The minimum absolute atomic E-state index is 0.109. The number of methoxy groups -OCH3 is 1. The van der Waals surface area contributed by atoms with E-state index in [0.29, 0.717) is 43.8 Å². The second-order valence-corrected chi connectivity index (χ2v) is 6.66. The predicted molar refractivity (Wildman–Crippen MR) is 92.0 cm³/mol. The van der Waals surface area contributed by atoms with Crippen LogP contribution >= 0.6 is 0 Å². The summed E-state index contributed by atoms with van der Waals surface area (Å²) < 4.78 is 5.06. The average Bonchev–Trinajstić information content (AvgIpc) is 2.56. The molecule has 3 N–H and O–H groups in total. The van der Waals surface area contributed by atoms with E-state index in [0.717, 1.165) is 5.56 Å². The molecule has 1 aliphatic heterocycles. The number of aromatic nitrogens is 2. The van der Waals surface area contributed by atoms with E-state index < -0.39 is 11.4 Å². The Morgan fingerprint density at radius 1 is 1.32 bits per heavy atom. The van der Waals surface area contributed by atoms with Gasteiger partial charge in [-0.25, -0.2) is 9.97 Å². The summed E-state index contributed by atoms with van der Waals surface area (Å²) in [5, 5.41) is 9.70. The van der Waals surface area contributed by atoms with Gasteiger partial charge in [0.25, 0.3) is 0 Å². The fourth-order valence-electron chi connectivity index (χ4n) is 3.41.